The van der Waals surface area contributed by atoms with Crippen LogP contribution in [0.1, 0.15) is 6.42 Å². The van der Waals surface area contributed by atoms with Gasteiger partial charge in [0.25, 0.3) is 0 Å². The average Bonchev–Trinajstić information content (AvgIpc) is 2.38. The molecule has 0 fully saturated rings. The van der Waals surface area contributed by atoms with Crippen LogP contribution in [0, 0.1) is 0 Å². The van der Waals surface area contributed by atoms with Crippen LogP contribution in [0.2, 0.25) is 0 Å². The Kier molecular flexibility index (Phi) is 3.79. The van der Waals surface area contributed by atoms with E-state index in [0.29, 0.717) is 0 Å². The molecule has 94 valence electrons. The minimum Gasteiger partial charge on any atom is -0.497 e. The summed E-state index contributed by atoms with van der Waals surface area (Å²) in [5, 5.41) is 13.5. The first kappa shape index (κ1) is 12.4. The molecule has 4 heteroatoms. The molecule has 0 aliphatic heterocycles. The molecule has 0 aromatic heterocycles. The molecule has 18 heavy (non-hydrogen) atoms. The number of aliphatic hydroxyl groups is 1. The van der Waals surface area contributed by atoms with Crippen LogP contribution < -0.4 is 10.1 Å². The third-order valence-electron chi connectivity index (χ3n) is 2.67. The maximum Gasteiger partial charge on any atom is 0.226 e. The summed E-state index contributed by atoms with van der Waals surface area (Å²) in [5.74, 6) is 0.616. The Morgan fingerprint density at radius 3 is 2.67 bits per heavy atom. The molecule has 0 saturated carbocycles. The van der Waals surface area contributed by atoms with Crippen molar-refractivity contribution in [1.82, 2.24) is 0 Å². The summed E-state index contributed by atoms with van der Waals surface area (Å²) in [6.07, 6.45) is 0.112. The van der Waals surface area contributed by atoms with Gasteiger partial charge in [-0.2, -0.15) is 0 Å². The number of benzene rings is 2. The molecule has 0 unspecified atom stereocenters. The Balaban J connectivity index is 2.25. The third-order valence-corrected chi connectivity index (χ3v) is 2.67. The summed E-state index contributed by atoms with van der Waals surface area (Å²) in [6, 6.07) is 11.4. The number of amides is 1. The second-order valence-electron chi connectivity index (χ2n) is 3.95. The van der Waals surface area contributed by atoms with Crippen molar-refractivity contribution >= 4 is 22.4 Å². The van der Waals surface area contributed by atoms with Gasteiger partial charge in [-0.3, -0.25) is 4.79 Å². The first-order valence-electron chi connectivity index (χ1n) is 5.71. The molecule has 0 aliphatic carbocycles. The lowest BCUT2D eigenvalue weighted by atomic mass is 10.1. The summed E-state index contributed by atoms with van der Waals surface area (Å²) in [4.78, 5) is 11.4. The van der Waals surface area contributed by atoms with E-state index in [4.69, 9.17) is 9.84 Å². The van der Waals surface area contributed by atoms with Gasteiger partial charge in [-0.25, -0.2) is 0 Å². The van der Waals surface area contributed by atoms with Crippen molar-refractivity contribution in [2.75, 3.05) is 19.0 Å². The molecule has 0 saturated heterocycles. The Morgan fingerprint density at radius 2 is 1.94 bits per heavy atom. The number of nitrogens with one attached hydrogen (secondary N) is 1. The van der Waals surface area contributed by atoms with Gasteiger partial charge < -0.3 is 15.2 Å². The first-order chi connectivity index (χ1) is 8.72. The van der Waals surface area contributed by atoms with Crippen LogP contribution in [-0.4, -0.2) is 24.7 Å². The fourth-order valence-corrected chi connectivity index (χ4v) is 1.75. The maximum atomic E-state index is 11.4. The maximum absolute atomic E-state index is 11.4. The Morgan fingerprint density at radius 1 is 1.22 bits per heavy atom. The van der Waals surface area contributed by atoms with E-state index in [-0.39, 0.29) is 18.9 Å². The summed E-state index contributed by atoms with van der Waals surface area (Å²) < 4.78 is 5.15. The van der Waals surface area contributed by atoms with Gasteiger partial charge in [0.2, 0.25) is 5.91 Å². The Bertz CT molecular complexity index is 566. The number of ether oxygens (including phenoxy) is 1. The van der Waals surface area contributed by atoms with Crippen LogP contribution in [0.5, 0.6) is 5.75 Å². The van der Waals surface area contributed by atoms with Crippen molar-refractivity contribution < 1.29 is 14.6 Å². The normalized spacial score (nSPS) is 10.3. The van der Waals surface area contributed by atoms with Crippen LogP contribution in [-0.2, 0) is 4.79 Å². The van der Waals surface area contributed by atoms with Gasteiger partial charge >= 0.3 is 0 Å². The molecule has 2 aromatic rings. The van der Waals surface area contributed by atoms with E-state index < -0.39 is 0 Å². The van der Waals surface area contributed by atoms with Gasteiger partial charge in [0.15, 0.2) is 0 Å². The van der Waals surface area contributed by atoms with Gasteiger partial charge in [0, 0.05) is 5.69 Å². The van der Waals surface area contributed by atoms with Crippen molar-refractivity contribution in [3.63, 3.8) is 0 Å². The third kappa shape index (κ3) is 2.78. The lowest BCUT2D eigenvalue weighted by molar-refractivity contribution is -0.116. The predicted molar refractivity (Wildman–Crippen MR) is 70.8 cm³/mol. The van der Waals surface area contributed by atoms with Crippen molar-refractivity contribution in [2.45, 2.75) is 6.42 Å². The van der Waals surface area contributed by atoms with Crippen molar-refractivity contribution in [1.29, 1.82) is 0 Å². The van der Waals surface area contributed by atoms with E-state index in [1.807, 2.05) is 36.4 Å². The largest absolute Gasteiger partial charge is 0.497 e. The summed E-state index contributed by atoms with van der Waals surface area (Å²) in [6.45, 7) is -0.142. The van der Waals surface area contributed by atoms with Gasteiger partial charge in [0.05, 0.1) is 20.1 Å². The lowest BCUT2D eigenvalue weighted by Crippen LogP contribution is -2.12. The molecule has 0 atom stereocenters. The van der Waals surface area contributed by atoms with Gasteiger partial charge in [-0.1, -0.05) is 12.1 Å². The van der Waals surface area contributed by atoms with Crippen LogP contribution in [0.15, 0.2) is 36.4 Å². The van der Waals surface area contributed by atoms with E-state index in [1.165, 1.54) is 0 Å². The zero-order valence-corrected chi connectivity index (χ0v) is 10.1. The number of fused-ring (bicyclic) bond motifs is 1. The predicted octanol–water partition coefficient (Wildman–Crippen LogP) is 2.17. The Hall–Kier alpha value is -2.07. The highest BCUT2D eigenvalue weighted by molar-refractivity contribution is 5.94. The molecular formula is C14H15NO3. The number of methoxy groups -OCH3 is 1. The molecule has 1 amide bonds. The number of anilines is 1. The molecule has 2 rings (SSSR count). The molecule has 2 aromatic carbocycles. The SMILES string of the molecule is COc1ccc2cc(NC(=O)CCO)ccc2c1. The number of aliphatic hydroxyl groups excluding tert-OH is 1. The standard InChI is InChI=1S/C14H15NO3/c1-18-13-5-3-10-8-12(4-2-11(10)9-13)15-14(17)6-7-16/h2-5,8-9,16H,6-7H2,1H3,(H,15,17). The smallest absolute Gasteiger partial charge is 0.226 e. The highest BCUT2D eigenvalue weighted by Crippen LogP contribution is 2.23. The number of hydrogen-bond donors (Lipinski definition) is 2. The quantitative estimate of drug-likeness (QED) is 0.867. The second-order valence-corrected chi connectivity index (χ2v) is 3.95. The molecule has 0 spiro atoms. The number of carbonyl (C=O) groups excluding carboxylic acids is 1. The van der Waals surface area contributed by atoms with E-state index in [2.05, 4.69) is 5.32 Å². The van der Waals surface area contributed by atoms with Crippen LogP contribution >= 0.6 is 0 Å². The minimum atomic E-state index is -0.189. The zero-order chi connectivity index (χ0) is 13.0. The fraction of sp³-hybridized carbons (Fsp3) is 0.214. The molecule has 0 heterocycles. The van der Waals surface area contributed by atoms with E-state index in [1.54, 1.807) is 7.11 Å². The summed E-state index contributed by atoms with van der Waals surface area (Å²) >= 11 is 0. The van der Waals surface area contributed by atoms with Gasteiger partial charge in [0.1, 0.15) is 5.75 Å². The van der Waals surface area contributed by atoms with Crippen molar-refractivity contribution in [3.8, 4) is 5.75 Å². The molecule has 0 bridgehead atoms. The van der Waals surface area contributed by atoms with Crippen LogP contribution in [0.3, 0.4) is 0 Å². The van der Waals surface area contributed by atoms with E-state index in [9.17, 15) is 4.79 Å². The number of hydrogen-bond acceptors (Lipinski definition) is 3. The van der Waals surface area contributed by atoms with Crippen molar-refractivity contribution in [3.05, 3.63) is 36.4 Å². The second kappa shape index (κ2) is 5.51. The highest BCUT2D eigenvalue weighted by Gasteiger charge is 2.02. The molecule has 4 nitrogen and oxygen atoms in total. The monoisotopic (exact) mass is 245 g/mol. The number of rotatable bonds is 4. The highest BCUT2D eigenvalue weighted by atomic mass is 16.5. The lowest BCUT2D eigenvalue weighted by Gasteiger charge is -2.07. The number of carbonyl (C=O) groups is 1. The topological polar surface area (TPSA) is 58.6 Å². The fourth-order valence-electron chi connectivity index (χ4n) is 1.75. The van der Waals surface area contributed by atoms with E-state index >= 15 is 0 Å². The molecule has 0 aliphatic rings. The van der Waals surface area contributed by atoms with Gasteiger partial charge in [-0.15, -0.1) is 0 Å². The van der Waals surface area contributed by atoms with Crippen LogP contribution in [0.25, 0.3) is 10.8 Å². The van der Waals surface area contributed by atoms with Gasteiger partial charge in [-0.05, 0) is 35.0 Å². The van der Waals surface area contributed by atoms with Crippen molar-refractivity contribution in [2.24, 2.45) is 0 Å². The molecule has 0 radical (unpaired) electrons. The molecule has 2 N–H and O–H groups in total. The minimum absolute atomic E-state index is 0.112. The van der Waals surface area contributed by atoms with Crippen LogP contribution in [0.4, 0.5) is 5.69 Å². The Labute approximate surface area is 105 Å². The first-order valence-corrected chi connectivity index (χ1v) is 5.71. The van der Waals surface area contributed by atoms with E-state index in [0.717, 1.165) is 22.2 Å². The average molecular weight is 245 g/mol. The zero-order valence-electron chi connectivity index (χ0n) is 10.1. The summed E-state index contributed by atoms with van der Waals surface area (Å²) in [7, 11) is 1.63. The summed E-state index contributed by atoms with van der Waals surface area (Å²) in [5.41, 5.74) is 0.728. The molecular weight excluding hydrogens is 230 g/mol.